The van der Waals surface area contributed by atoms with E-state index in [4.69, 9.17) is 22.1 Å². The van der Waals surface area contributed by atoms with Crippen molar-refractivity contribution in [2.24, 2.45) is 5.73 Å². The molecule has 0 fully saturated rings. The molecule has 0 radical (unpaired) electrons. The summed E-state index contributed by atoms with van der Waals surface area (Å²) < 4.78 is 5.61. The molecule has 3 nitrogen and oxygen atoms in total. The molecule has 0 aliphatic rings. The van der Waals surface area contributed by atoms with E-state index in [9.17, 15) is 0 Å². The molecule has 1 heterocycles. The molecular weight excluding hydrogens is 271 g/mol. The topological polar surface area (TPSA) is 48.1 Å². The van der Waals surface area contributed by atoms with Crippen LogP contribution in [-0.4, -0.2) is 4.98 Å². The molecule has 2 aromatic rings. The summed E-state index contributed by atoms with van der Waals surface area (Å²) in [5.74, 6) is 1.12. The lowest BCUT2D eigenvalue weighted by molar-refractivity contribution is 0.462. The van der Waals surface area contributed by atoms with Gasteiger partial charge < -0.3 is 10.5 Å². The fourth-order valence-electron chi connectivity index (χ4n) is 1.47. The van der Waals surface area contributed by atoms with Gasteiger partial charge in [0, 0.05) is 18.8 Å². The third kappa shape index (κ3) is 3.35. The van der Waals surface area contributed by atoms with Gasteiger partial charge in [-0.15, -0.1) is 12.4 Å². The van der Waals surface area contributed by atoms with Crippen LogP contribution in [0.15, 0.2) is 36.5 Å². The van der Waals surface area contributed by atoms with Crippen molar-refractivity contribution >= 4 is 24.0 Å². The zero-order valence-corrected chi connectivity index (χ0v) is 11.5. The Morgan fingerprint density at radius 3 is 2.67 bits per heavy atom. The van der Waals surface area contributed by atoms with E-state index in [1.54, 1.807) is 18.3 Å². The largest absolute Gasteiger partial charge is 0.437 e. The minimum absolute atomic E-state index is 0. The number of hydrogen-bond acceptors (Lipinski definition) is 3. The average Bonchev–Trinajstić information content (AvgIpc) is 2.32. The molecule has 96 valence electrons. The van der Waals surface area contributed by atoms with Gasteiger partial charge in [-0.2, -0.15) is 0 Å². The maximum atomic E-state index is 6.00. The Hall–Kier alpha value is -1.29. The van der Waals surface area contributed by atoms with Crippen LogP contribution >= 0.6 is 24.0 Å². The molecule has 0 aliphatic carbocycles. The van der Waals surface area contributed by atoms with Crippen LogP contribution < -0.4 is 10.5 Å². The maximum Gasteiger partial charge on any atom is 0.219 e. The standard InChI is InChI=1S/C13H13ClN2O.ClH/c1-9-6-13(16-8-10(9)7-15)17-12-5-3-2-4-11(12)14;/h2-6,8H,7,15H2,1H3;1H. The Bertz CT molecular complexity index is 532. The van der Waals surface area contributed by atoms with E-state index in [-0.39, 0.29) is 12.4 Å². The van der Waals surface area contributed by atoms with E-state index >= 15 is 0 Å². The third-order valence-electron chi connectivity index (χ3n) is 2.47. The van der Waals surface area contributed by atoms with Crippen LogP contribution in [0.3, 0.4) is 0 Å². The highest BCUT2D eigenvalue weighted by Gasteiger charge is 2.05. The molecule has 0 spiro atoms. The lowest BCUT2D eigenvalue weighted by Gasteiger charge is -2.08. The lowest BCUT2D eigenvalue weighted by atomic mass is 10.2. The molecule has 0 bridgehead atoms. The van der Waals surface area contributed by atoms with Crippen molar-refractivity contribution in [3.05, 3.63) is 52.7 Å². The van der Waals surface area contributed by atoms with Gasteiger partial charge in [0.25, 0.3) is 0 Å². The summed E-state index contributed by atoms with van der Waals surface area (Å²) in [6.45, 7) is 2.45. The number of pyridine rings is 1. The highest BCUT2D eigenvalue weighted by Crippen LogP contribution is 2.28. The first-order valence-electron chi connectivity index (χ1n) is 5.28. The number of nitrogens with two attached hydrogens (primary N) is 1. The normalized spacial score (nSPS) is 9.72. The van der Waals surface area contributed by atoms with Gasteiger partial charge in [0.15, 0.2) is 0 Å². The van der Waals surface area contributed by atoms with Gasteiger partial charge in [0.05, 0.1) is 5.02 Å². The fraction of sp³-hybridized carbons (Fsp3) is 0.154. The van der Waals surface area contributed by atoms with E-state index in [2.05, 4.69) is 4.98 Å². The van der Waals surface area contributed by atoms with Gasteiger partial charge in [0.1, 0.15) is 5.75 Å². The molecule has 2 rings (SSSR count). The highest BCUT2D eigenvalue weighted by molar-refractivity contribution is 6.32. The maximum absolute atomic E-state index is 6.00. The molecule has 0 saturated heterocycles. The first kappa shape index (κ1) is 14.8. The van der Waals surface area contributed by atoms with E-state index < -0.39 is 0 Å². The molecular formula is C13H14Cl2N2O. The highest BCUT2D eigenvalue weighted by atomic mass is 35.5. The smallest absolute Gasteiger partial charge is 0.219 e. The molecule has 5 heteroatoms. The number of nitrogens with zero attached hydrogens (tertiary/aromatic N) is 1. The second kappa shape index (κ2) is 6.59. The van der Waals surface area contributed by atoms with Crippen molar-refractivity contribution in [3.63, 3.8) is 0 Å². The summed E-state index contributed by atoms with van der Waals surface area (Å²) in [6.07, 6.45) is 1.72. The summed E-state index contributed by atoms with van der Waals surface area (Å²) in [5, 5.41) is 0.565. The summed E-state index contributed by atoms with van der Waals surface area (Å²) >= 11 is 6.00. The average molecular weight is 285 g/mol. The Balaban J connectivity index is 0.00000162. The number of halogens is 2. The van der Waals surface area contributed by atoms with E-state index in [0.717, 1.165) is 11.1 Å². The molecule has 2 N–H and O–H groups in total. The van der Waals surface area contributed by atoms with Gasteiger partial charge in [0.2, 0.25) is 5.88 Å². The van der Waals surface area contributed by atoms with Gasteiger partial charge in [-0.3, -0.25) is 0 Å². The number of aryl methyl sites for hydroxylation is 1. The Morgan fingerprint density at radius 1 is 1.33 bits per heavy atom. The molecule has 0 atom stereocenters. The van der Waals surface area contributed by atoms with Gasteiger partial charge in [-0.1, -0.05) is 23.7 Å². The Morgan fingerprint density at radius 2 is 2.06 bits per heavy atom. The first-order valence-corrected chi connectivity index (χ1v) is 5.66. The van der Waals surface area contributed by atoms with Gasteiger partial charge in [-0.25, -0.2) is 4.98 Å². The number of hydrogen-bond donors (Lipinski definition) is 1. The van der Waals surface area contributed by atoms with Crippen LogP contribution in [0.5, 0.6) is 11.6 Å². The summed E-state index contributed by atoms with van der Waals surface area (Å²) in [7, 11) is 0. The molecule has 0 saturated carbocycles. The predicted octanol–water partition coefficient (Wildman–Crippen LogP) is 3.72. The van der Waals surface area contributed by atoms with Crippen LogP contribution in [0.25, 0.3) is 0 Å². The van der Waals surface area contributed by atoms with Crippen LogP contribution in [-0.2, 0) is 6.54 Å². The zero-order chi connectivity index (χ0) is 12.3. The van der Waals surface area contributed by atoms with Crippen LogP contribution in [0, 0.1) is 6.92 Å². The second-order valence-corrected chi connectivity index (χ2v) is 4.09. The number of benzene rings is 1. The predicted molar refractivity (Wildman–Crippen MR) is 75.6 cm³/mol. The number of ether oxygens (including phenoxy) is 1. The first-order chi connectivity index (χ1) is 8.20. The number of para-hydroxylation sites is 1. The van der Waals surface area contributed by atoms with E-state index in [1.165, 1.54) is 0 Å². The van der Waals surface area contributed by atoms with Crippen LogP contribution in [0.2, 0.25) is 5.02 Å². The molecule has 0 unspecified atom stereocenters. The van der Waals surface area contributed by atoms with Crippen LogP contribution in [0.1, 0.15) is 11.1 Å². The van der Waals surface area contributed by atoms with Crippen molar-refractivity contribution in [2.45, 2.75) is 13.5 Å². The van der Waals surface area contributed by atoms with E-state index in [0.29, 0.717) is 23.2 Å². The monoisotopic (exact) mass is 284 g/mol. The SMILES string of the molecule is Cc1cc(Oc2ccccc2Cl)ncc1CN.Cl. The minimum Gasteiger partial charge on any atom is -0.437 e. The Kier molecular flexibility index (Phi) is 5.41. The molecule has 1 aromatic carbocycles. The van der Waals surface area contributed by atoms with E-state index in [1.807, 2.05) is 25.1 Å². The second-order valence-electron chi connectivity index (χ2n) is 3.69. The number of aromatic nitrogens is 1. The minimum atomic E-state index is 0. The van der Waals surface area contributed by atoms with Crippen molar-refractivity contribution < 1.29 is 4.74 Å². The number of rotatable bonds is 3. The van der Waals surface area contributed by atoms with Crippen molar-refractivity contribution in [3.8, 4) is 11.6 Å². The molecule has 0 amide bonds. The molecule has 0 aliphatic heterocycles. The third-order valence-corrected chi connectivity index (χ3v) is 2.78. The Labute approximate surface area is 117 Å². The van der Waals surface area contributed by atoms with Crippen LogP contribution in [0.4, 0.5) is 0 Å². The van der Waals surface area contributed by atoms with Crippen molar-refractivity contribution in [1.29, 1.82) is 0 Å². The van der Waals surface area contributed by atoms with Crippen molar-refractivity contribution in [2.75, 3.05) is 0 Å². The van der Waals surface area contributed by atoms with Gasteiger partial charge >= 0.3 is 0 Å². The zero-order valence-electron chi connectivity index (χ0n) is 9.89. The molecule has 1 aromatic heterocycles. The summed E-state index contributed by atoms with van der Waals surface area (Å²) in [5.41, 5.74) is 7.65. The fourth-order valence-corrected chi connectivity index (χ4v) is 1.64. The summed E-state index contributed by atoms with van der Waals surface area (Å²) in [6, 6.07) is 9.15. The molecule has 18 heavy (non-hydrogen) atoms. The quantitative estimate of drug-likeness (QED) is 0.935. The summed E-state index contributed by atoms with van der Waals surface area (Å²) in [4.78, 5) is 4.19. The van der Waals surface area contributed by atoms with Crippen molar-refractivity contribution in [1.82, 2.24) is 4.98 Å². The van der Waals surface area contributed by atoms with Gasteiger partial charge in [-0.05, 0) is 30.2 Å². The lowest BCUT2D eigenvalue weighted by Crippen LogP contribution is -2.00.